The van der Waals surface area contributed by atoms with Crippen LogP contribution in [-0.4, -0.2) is 51.0 Å². The predicted octanol–water partition coefficient (Wildman–Crippen LogP) is 1.26. The first-order valence-electron chi connectivity index (χ1n) is 9.00. The molecule has 0 aliphatic carbocycles. The number of ether oxygens (including phenoxy) is 1. The summed E-state index contributed by atoms with van der Waals surface area (Å²) < 4.78 is 32.0. The lowest BCUT2D eigenvalue weighted by Crippen LogP contribution is -2.44. The fourth-order valence-corrected chi connectivity index (χ4v) is 4.36. The van der Waals surface area contributed by atoms with Crippen LogP contribution in [0.4, 0.5) is 0 Å². The number of benzene rings is 1. The largest absolute Gasteiger partial charge is 0.379 e. The van der Waals surface area contributed by atoms with E-state index in [0.717, 1.165) is 12.0 Å². The molecule has 27 heavy (non-hydrogen) atoms. The van der Waals surface area contributed by atoms with E-state index in [4.69, 9.17) is 10.5 Å². The van der Waals surface area contributed by atoms with Crippen LogP contribution in [0.25, 0.3) is 0 Å². The number of amides is 1. The van der Waals surface area contributed by atoms with Crippen molar-refractivity contribution in [2.75, 3.05) is 26.3 Å². The van der Waals surface area contributed by atoms with Gasteiger partial charge >= 0.3 is 0 Å². The van der Waals surface area contributed by atoms with E-state index in [1.165, 1.54) is 4.31 Å². The summed E-state index contributed by atoms with van der Waals surface area (Å²) in [7, 11) is -3.42. The number of carbonyl (C=O) groups is 1. The van der Waals surface area contributed by atoms with Crippen LogP contribution in [0.1, 0.15) is 31.4 Å². The SMILES string of the molecule is CCC(C)C(N)C(=O)NCc1ccccc1CS(=O)(=O)N1CCOCC1.Cl. The van der Waals surface area contributed by atoms with Crippen molar-refractivity contribution in [3.63, 3.8) is 0 Å². The number of nitrogens with two attached hydrogens (primary N) is 1. The number of nitrogens with one attached hydrogen (secondary N) is 1. The second kappa shape index (κ2) is 11.0. The van der Waals surface area contributed by atoms with Crippen LogP contribution in [-0.2, 0) is 31.9 Å². The molecular formula is C18H30ClN3O4S. The Morgan fingerprint density at radius 3 is 2.44 bits per heavy atom. The quantitative estimate of drug-likeness (QED) is 0.660. The topological polar surface area (TPSA) is 102 Å². The average molecular weight is 420 g/mol. The van der Waals surface area contributed by atoms with Gasteiger partial charge in [0.15, 0.2) is 0 Å². The Morgan fingerprint density at radius 2 is 1.85 bits per heavy atom. The Bertz CT molecular complexity index is 708. The molecule has 7 nitrogen and oxygen atoms in total. The molecule has 2 unspecified atom stereocenters. The third kappa shape index (κ3) is 6.73. The molecule has 0 bridgehead atoms. The maximum absolute atomic E-state index is 12.6. The highest BCUT2D eigenvalue weighted by Gasteiger charge is 2.25. The molecule has 1 amide bonds. The van der Waals surface area contributed by atoms with Crippen LogP contribution in [0.5, 0.6) is 0 Å². The van der Waals surface area contributed by atoms with Crippen molar-refractivity contribution in [3.05, 3.63) is 35.4 Å². The monoisotopic (exact) mass is 419 g/mol. The first kappa shape index (κ1) is 23.8. The van der Waals surface area contributed by atoms with Crippen LogP contribution < -0.4 is 11.1 Å². The van der Waals surface area contributed by atoms with Gasteiger partial charge in [0.05, 0.1) is 25.0 Å². The number of sulfonamides is 1. The van der Waals surface area contributed by atoms with Crippen molar-refractivity contribution < 1.29 is 17.9 Å². The van der Waals surface area contributed by atoms with E-state index >= 15 is 0 Å². The molecule has 1 saturated heterocycles. The van der Waals surface area contributed by atoms with E-state index in [0.29, 0.717) is 31.9 Å². The number of hydrogen-bond acceptors (Lipinski definition) is 5. The van der Waals surface area contributed by atoms with E-state index in [-0.39, 0.29) is 36.5 Å². The molecule has 2 atom stereocenters. The van der Waals surface area contributed by atoms with Crippen molar-refractivity contribution in [1.29, 1.82) is 0 Å². The van der Waals surface area contributed by atoms with E-state index < -0.39 is 16.1 Å². The smallest absolute Gasteiger partial charge is 0.237 e. The Labute approximate surface area is 168 Å². The highest BCUT2D eigenvalue weighted by molar-refractivity contribution is 7.88. The summed E-state index contributed by atoms with van der Waals surface area (Å²) in [5.74, 6) is -0.215. The summed E-state index contributed by atoms with van der Waals surface area (Å²) in [6, 6.07) is 6.69. The number of nitrogens with zero attached hydrogens (tertiary/aromatic N) is 1. The van der Waals surface area contributed by atoms with Gasteiger partial charge in [-0.15, -0.1) is 12.4 Å². The molecule has 0 spiro atoms. The molecule has 0 radical (unpaired) electrons. The molecule has 9 heteroatoms. The Kier molecular flexibility index (Phi) is 9.69. The summed E-state index contributed by atoms with van der Waals surface area (Å²) in [6.07, 6.45) is 0.822. The third-order valence-corrected chi connectivity index (χ3v) is 6.66. The molecule has 0 saturated carbocycles. The van der Waals surface area contributed by atoms with Crippen LogP contribution in [0.2, 0.25) is 0 Å². The van der Waals surface area contributed by atoms with Crippen LogP contribution in [0, 0.1) is 5.92 Å². The van der Waals surface area contributed by atoms with Gasteiger partial charge in [-0.1, -0.05) is 44.5 Å². The number of rotatable bonds is 8. The summed E-state index contributed by atoms with van der Waals surface area (Å²) in [5.41, 5.74) is 7.42. The van der Waals surface area contributed by atoms with E-state index in [9.17, 15) is 13.2 Å². The molecule has 1 aromatic rings. The lowest BCUT2D eigenvalue weighted by molar-refractivity contribution is -0.123. The zero-order valence-corrected chi connectivity index (χ0v) is 17.5. The minimum atomic E-state index is -3.42. The summed E-state index contributed by atoms with van der Waals surface area (Å²) >= 11 is 0. The zero-order valence-electron chi connectivity index (χ0n) is 15.9. The van der Waals surface area contributed by atoms with Gasteiger partial charge in [-0.25, -0.2) is 8.42 Å². The van der Waals surface area contributed by atoms with Gasteiger partial charge < -0.3 is 15.8 Å². The number of carbonyl (C=O) groups excluding carboxylic acids is 1. The van der Waals surface area contributed by atoms with Crippen LogP contribution in [0.3, 0.4) is 0 Å². The van der Waals surface area contributed by atoms with Crippen LogP contribution >= 0.6 is 12.4 Å². The maximum Gasteiger partial charge on any atom is 0.237 e. The van der Waals surface area contributed by atoms with E-state index in [1.807, 2.05) is 26.0 Å². The molecule has 154 valence electrons. The first-order chi connectivity index (χ1) is 12.3. The zero-order chi connectivity index (χ0) is 19.2. The standard InChI is InChI=1S/C18H29N3O4S.ClH/c1-3-14(2)17(19)18(22)20-12-15-6-4-5-7-16(15)13-26(23,24)21-8-10-25-11-9-21;/h4-7,14,17H,3,8-13,19H2,1-2H3,(H,20,22);1H. The highest BCUT2D eigenvalue weighted by Crippen LogP contribution is 2.17. The van der Waals surface area contributed by atoms with Crippen LogP contribution in [0.15, 0.2) is 24.3 Å². The predicted molar refractivity (Wildman–Crippen MR) is 108 cm³/mol. The minimum absolute atomic E-state index is 0. The highest BCUT2D eigenvalue weighted by atomic mass is 35.5. The first-order valence-corrected chi connectivity index (χ1v) is 10.6. The third-order valence-electron chi connectivity index (χ3n) is 4.83. The molecule has 3 N–H and O–H groups in total. The fraction of sp³-hybridized carbons (Fsp3) is 0.611. The van der Waals surface area contributed by atoms with Crippen molar-refractivity contribution in [2.45, 2.75) is 38.6 Å². The number of morpholine rings is 1. The Balaban J connectivity index is 0.00000364. The van der Waals surface area contributed by atoms with Gasteiger partial charge in [0.2, 0.25) is 15.9 Å². The molecular weight excluding hydrogens is 390 g/mol. The molecule has 1 aliphatic heterocycles. The lowest BCUT2D eigenvalue weighted by Gasteiger charge is -2.26. The molecule has 2 rings (SSSR count). The Hall–Kier alpha value is -1.19. The molecule has 0 aromatic heterocycles. The van der Waals surface area contributed by atoms with Gasteiger partial charge in [-0.05, 0) is 17.0 Å². The van der Waals surface area contributed by atoms with E-state index in [1.54, 1.807) is 12.1 Å². The molecule has 1 heterocycles. The van der Waals surface area contributed by atoms with Crippen molar-refractivity contribution in [3.8, 4) is 0 Å². The summed E-state index contributed by atoms with van der Waals surface area (Å²) in [4.78, 5) is 12.2. The van der Waals surface area contributed by atoms with Crippen molar-refractivity contribution in [1.82, 2.24) is 9.62 Å². The van der Waals surface area contributed by atoms with Crippen molar-refractivity contribution in [2.24, 2.45) is 11.7 Å². The number of halogens is 1. The second-order valence-electron chi connectivity index (χ2n) is 6.67. The molecule has 1 aliphatic rings. The van der Waals surface area contributed by atoms with Gasteiger partial charge in [-0.2, -0.15) is 4.31 Å². The average Bonchev–Trinajstić information content (AvgIpc) is 2.66. The van der Waals surface area contributed by atoms with Crippen molar-refractivity contribution >= 4 is 28.3 Å². The molecule has 1 fully saturated rings. The summed E-state index contributed by atoms with van der Waals surface area (Å²) in [6.45, 7) is 5.79. The van der Waals surface area contributed by atoms with Gasteiger partial charge in [-0.3, -0.25) is 4.79 Å². The normalized spacial score (nSPS) is 17.6. The van der Waals surface area contributed by atoms with Gasteiger partial charge in [0.25, 0.3) is 0 Å². The lowest BCUT2D eigenvalue weighted by atomic mass is 9.99. The summed E-state index contributed by atoms with van der Waals surface area (Å²) in [5, 5.41) is 2.83. The second-order valence-corrected chi connectivity index (χ2v) is 8.63. The number of hydrogen-bond donors (Lipinski definition) is 2. The molecule has 1 aromatic carbocycles. The Morgan fingerprint density at radius 1 is 1.26 bits per heavy atom. The van der Waals surface area contributed by atoms with Gasteiger partial charge in [0, 0.05) is 19.6 Å². The maximum atomic E-state index is 12.6. The van der Waals surface area contributed by atoms with E-state index in [2.05, 4.69) is 5.32 Å². The fourth-order valence-electron chi connectivity index (χ4n) is 2.80. The minimum Gasteiger partial charge on any atom is -0.379 e. The van der Waals surface area contributed by atoms with Gasteiger partial charge in [0.1, 0.15) is 0 Å².